The second kappa shape index (κ2) is 9.62. The Labute approximate surface area is 211 Å². The fourth-order valence-electron chi connectivity index (χ4n) is 4.48. The molecule has 7 nitrogen and oxygen atoms in total. The second-order valence-corrected chi connectivity index (χ2v) is 9.11. The Hall–Kier alpha value is -2.91. The van der Waals surface area contributed by atoms with E-state index < -0.39 is 12.0 Å². The fraction of sp³-hybridized carbons (Fsp3) is 0.280. The molecule has 1 saturated heterocycles. The van der Waals surface area contributed by atoms with Crippen LogP contribution in [-0.2, 0) is 0 Å². The first-order chi connectivity index (χ1) is 16.9. The zero-order valence-corrected chi connectivity index (χ0v) is 20.4. The maximum atomic E-state index is 14.9. The van der Waals surface area contributed by atoms with Gasteiger partial charge in [-0.2, -0.15) is 0 Å². The quantitative estimate of drug-likeness (QED) is 0.274. The van der Waals surface area contributed by atoms with Gasteiger partial charge < -0.3 is 14.6 Å². The monoisotopic (exact) mass is 516 g/mol. The molecule has 1 unspecified atom stereocenters. The summed E-state index contributed by atoms with van der Waals surface area (Å²) in [7, 11) is 1.57. The van der Waals surface area contributed by atoms with Gasteiger partial charge in [-0.3, -0.25) is 9.47 Å². The van der Waals surface area contributed by atoms with Gasteiger partial charge in [-0.15, -0.1) is 0 Å². The molecular weight excluding hydrogens is 494 g/mol. The van der Waals surface area contributed by atoms with Crippen molar-refractivity contribution in [3.8, 4) is 17.3 Å². The minimum absolute atomic E-state index is 0.0616. The number of hydrogen-bond acceptors (Lipinski definition) is 6. The summed E-state index contributed by atoms with van der Waals surface area (Å²) in [5, 5.41) is 11.6. The normalized spacial score (nSPS) is 16.0. The number of aliphatic hydroxyl groups is 1. The van der Waals surface area contributed by atoms with Crippen LogP contribution >= 0.6 is 23.2 Å². The van der Waals surface area contributed by atoms with E-state index in [1.807, 2.05) is 11.0 Å². The van der Waals surface area contributed by atoms with Gasteiger partial charge in [0.05, 0.1) is 28.2 Å². The van der Waals surface area contributed by atoms with Crippen molar-refractivity contribution in [1.29, 1.82) is 0 Å². The third-order valence-corrected chi connectivity index (χ3v) is 7.10. The molecule has 0 amide bonds. The van der Waals surface area contributed by atoms with Crippen LogP contribution in [0.25, 0.3) is 27.6 Å². The lowest BCUT2D eigenvalue weighted by molar-refractivity contribution is 0.000482. The van der Waals surface area contributed by atoms with Crippen LogP contribution in [0.5, 0.6) is 11.5 Å². The van der Waals surface area contributed by atoms with E-state index in [0.717, 1.165) is 12.8 Å². The van der Waals surface area contributed by atoms with Gasteiger partial charge >= 0.3 is 0 Å². The zero-order chi connectivity index (χ0) is 24.7. The molecule has 0 aliphatic carbocycles. The number of benzene rings is 2. The van der Waals surface area contributed by atoms with Crippen molar-refractivity contribution in [3.05, 3.63) is 65.3 Å². The predicted octanol–water partition coefficient (Wildman–Crippen LogP) is 5.38. The molecule has 1 fully saturated rings. The summed E-state index contributed by atoms with van der Waals surface area (Å²) in [6.45, 7) is 5.01. The standard InChI is InChI=1S/C25H23Cl2FN4O3/c1-3-22(33)31-7-4-14(5-8-31)35-21-10-16-19(12-20(21)34-2)29-13-30-25(16)32-9-6-15-23(27)17(26)11-18(28)24(15)32/h3,6,9-14,22,33H,1,4-5,7-8H2,2H3. The average molecular weight is 517 g/mol. The highest BCUT2D eigenvalue weighted by atomic mass is 35.5. The van der Waals surface area contributed by atoms with E-state index in [2.05, 4.69) is 16.5 Å². The van der Waals surface area contributed by atoms with Gasteiger partial charge in [-0.1, -0.05) is 29.8 Å². The van der Waals surface area contributed by atoms with E-state index in [1.165, 1.54) is 18.5 Å². The van der Waals surface area contributed by atoms with Crippen LogP contribution in [0.4, 0.5) is 4.39 Å². The molecule has 0 bridgehead atoms. The Bertz CT molecular complexity index is 1420. The highest BCUT2D eigenvalue weighted by Gasteiger charge is 2.25. The van der Waals surface area contributed by atoms with Crippen LogP contribution in [0.1, 0.15) is 12.8 Å². The summed E-state index contributed by atoms with van der Waals surface area (Å²) in [5.41, 5.74) is 0.885. The average Bonchev–Trinajstić information content (AvgIpc) is 3.32. The lowest BCUT2D eigenvalue weighted by atomic mass is 10.1. The van der Waals surface area contributed by atoms with Crippen molar-refractivity contribution >= 4 is 45.0 Å². The van der Waals surface area contributed by atoms with Crippen LogP contribution in [0, 0.1) is 5.82 Å². The van der Waals surface area contributed by atoms with E-state index in [9.17, 15) is 9.50 Å². The van der Waals surface area contributed by atoms with Crippen molar-refractivity contribution in [1.82, 2.24) is 19.4 Å². The van der Waals surface area contributed by atoms with Gasteiger partial charge in [0.1, 0.15) is 30.3 Å². The first-order valence-electron chi connectivity index (χ1n) is 11.1. The van der Waals surface area contributed by atoms with E-state index >= 15 is 0 Å². The maximum Gasteiger partial charge on any atom is 0.162 e. The van der Waals surface area contributed by atoms with Crippen LogP contribution in [-0.4, -0.2) is 57.1 Å². The summed E-state index contributed by atoms with van der Waals surface area (Å²) < 4.78 is 28.5. The molecule has 0 radical (unpaired) electrons. The first-order valence-corrected chi connectivity index (χ1v) is 11.9. The summed E-state index contributed by atoms with van der Waals surface area (Å²) in [6.07, 6.45) is 5.38. The van der Waals surface area contributed by atoms with E-state index in [0.29, 0.717) is 46.7 Å². The van der Waals surface area contributed by atoms with Crippen molar-refractivity contribution < 1.29 is 19.0 Å². The maximum absolute atomic E-state index is 14.9. The topological polar surface area (TPSA) is 72.6 Å². The number of likely N-dealkylation sites (tertiary alicyclic amines) is 1. The van der Waals surface area contributed by atoms with Crippen molar-refractivity contribution in [2.45, 2.75) is 25.2 Å². The Morgan fingerprint density at radius 3 is 2.66 bits per heavy atom. The van der Waals surface area contributed by atoms with Gasteiger partial charge in [0.25, 0.3) is 0 Å². The SMILES string of the molecule is C=CC(O)N1CCC(Oc2cc3c(-n4ccc5c(Cl)c(Cl)cc(F)c54)ncnc3cc2OC)CC1. The molecule has 2 aromatic heterocycles. The highest BCUT2D eigenvalue weighted by Crippen LogP contribution is 2.38. The minimum atomic E-state index is -0.661. The van der Waals surface area contributed by atoms with Gasteiger partial charge in [0, 0.05) is 36.1 Å². The van der Waals surface area contributed by atoms with Crippen molar-refractivity contribution in [3.63, 3.8) is 0 Å². The van der Waals surface area contributed by atoms with Crippen LogP contribution < -0.4 is 9.47 Å². The van der Waals surface area contributed by atoms with Crippen LogP contribution in [0.3, 0.4) is 0 Å². The number of piperidine rings is 1. The lowest BCUT2D eigenvalue weighted by Gasteiger charge is -2.34. The highest BCUT2D eigenvalue weighted by molar-refractivity contribution is 6.45. The van der Waals surface area contributed by atoms with Crippen LogP contribution in [0.15, 0.2) is 49.4 Å². The first kappa shape index (κ1) is 23.8. The van der Waals surface area contributed by atoms with Gasteiger partial charge in [-0.25, -0.2) is 14.4 Å². The molecule has 182 valence electrons. The largest absolute Gasteiger partial charge is 0.493 e. The smallest absolute Gasteiger partial charge is 0.162 e. The lowest BCUT2D eigenvalue weighted by Crippen LogP contribution is -2.43. The van der Waals surface area contributed by atoms with Crippen LogP contribution in [0.2, 0.25) is 10.0 Å². The number of hydrogen-bond donors (Lipinski definition) is 1. The molecule has 1 aliphatic rings. The molecule has 2 aromatic carbocycles. The zero-order valence-electron chi connectivity index (χ0n) is 18.9. The molecule has 1 atom stereocenters. The third kappa shape index (κ3) is 4.31. The molecular formula is C25H23Cl2FN4O3. The molecule has 0 spiro atoms. The van der Waals surface area contributed by atoms with Crippen molar-refractivity contribution in [2.24, 2.45) is 0 Å². The molecule has 5 rings (SSSR count). The summed E-state index contributed by atoms with van der Waals surface area (Å²) >= 11 is 12.4. The number of ether oxygens (including phenoxy) is 2. The Morgan fingerprint density at radius 2 is 1.94 bits per heavy atom. The van der Waals surface area contributed by atoms with E-state index in [1.54, 1.807) is 30.0 Å². The van der Waals surface area contributed by atoms with E-state index in [-0.39, 0.29) is 21.7 Å². The number of aliphatic hydroxyl groups excluding tert-OH is 1. The Morgan fingerprint density at radius 1 is 1.17 bits per heavy atom. The number of nitrogens with zero attached hydrogens (tertiary/aromatic N) is 4. The number of halogens is 3. The second-order valence-electron chi connectivity index (χ2n) is 8.32. The summed E-state index contributed by atoms with van der Waals surface area (Å²) in [5.74, 6) is 1.04. The molecule has 3 heterocycles. The molecule has 4 aromatic rings. The molecule has 1 N–H and O–H groups in total. The summed E-state index contributed by atoms with van der Waals surface area (Å²) in [6, 6.07) is 6.49. The molecule has 1 aliphatic heterocycles. The summed E-state index contributed by atoms with van der Waals surface area (Å²) in [4.78, 5) is 10.8. The Balaban J connectivity index is 1.55. The van der Waals surface area contributed by atoms with Gasteiger partial charge in [0.15, 0.2) is 11.5 Å². The van der Waals surface area contributed by atoms with Crippen molar-refractivity contribution in [2.75, 3.05) is 20.2 Å². The van der Waals surface area contributed by atoms with Gasteiger partial charge in [-0.05, 0) is 37.1 Å². The predicted molar refractivity (Wildman–Crippen MR) is 134 cm³/mol. The number of aromatic nitrogens is 3. The number of methoxy groups -OCH3 is 1. The molecule has 35 heavy (non-hydrogen) atoms. The minimum Gasteiger partial charge on any atom is -0.493 e. The molecule has 0 saturated carbocycles. The Kier molecular flexibility index (Phi) is 6.55. The fourth-order valence-corrected chi connectivity index (χ4v) is 4.89. The number of fused-ring (bicyclic) bond motifs is 2. The van der Waals surface area contributed by atoms with E-state index in [4.69, 9.17) is 32.7 Å². The third-order valence-electron chi connectivity index (χ3n) is 6.30. The molecule has 10 heteroatoms. The number of rotatable bonds is 6. The van der Waals surface area contributed by atoms with Gasteiger partial charge in [0.2, 0.25) is 0 Å².